The fourth-order valence-corrected chi connectivity index (χ4v) is 2.88. The van der Waals surface area contributed by atoms with E-state index in [2.05, 4.69) is 17.2 Å². The third-order valence-electron chi connectivity index (χ3n) is 4.34. The van der Waals surface area contributed by atoms with E-state index in [1.165, 1.54) is 18.9 Å². The Kier molecular flexibility index (Phi) is 5.46. The normalized spacial score (nSPS) is 10.8. The van der Waals surface area contributed by atoms with Gasteiger partial charge in [-0.15, -0.1) is 0 Å². The zero-order valence-corrected chi connectivity index (χ0v) is 15.0. The lowest BCUT2D eigenvalue weighted by atomic mass is 10.1. The summed E-state index contributed by atoms with van der Waals surface area (Å²) in [7, 11) is 0. The first kappa shape index (κ1) is 17.9. The number of rotatable bonds is 6. The summed E-state index contributed by atoms with van der Waals surface area (Å²) in [6.45, 7) is 4.02. The number of aromatic nitrogens is 1. The Hall–Kier alpha value is -2.95. The van der Waals surface area contributed by atoms with Gasteiger partial charge in [-0.2, -0.15) is 0 Å². The highest BCUT2D eigenvalue weighted by atomic mass is 16.4. The number of carbonyl (C=O) groups is 1. The van der Waals surface area contributed by atoms with Crippen molar-refractivity contribution in [1.82, 2.24) is 4.98 Å². The third kappa shape index (κ3) is 4.17. The molecule has 5 nitrogen and oxygen atoms in total. The first-order valence-corrected chi connectivity index (χ1v) is 8.87. The highest BCUT2D eigenvalue weighted by molar-refractivity contribution is 6.03. The average molecular weight is 350 g/mol. The zero-order chi connectivity index (χ0) is 18.5. The molecule has 5 heteroatoms. The van der Waals surface area contributed by atoms with Crippen LogP contribution in [0, 0.1) is 6.92 Å². The minimum atomic E-state index is -0.404. The molecule has 2 aromatic heterocycles. The van der Waals surface area contributed by atoms with Crippen LogP contribution in [0.15, 0.2) is 51.8 Å². The van der Waals surface area contributed by atoms with Gasteiger partial charge in [0.15, 0.2) is 0 Å². The van der Waals surface area contributed by atoms with Gasteiger partial charge < -0.3 is 9.73 Å². The molecule has 0 unspecified atom stereocenters. The molecule has 0 bridgehead atoms. The number of anilines is 1. The molecule has 0 spiro atoms. The molecule has 2 heterocycles. The Balaban J connectivity index is 1.73. The quantitative estimate of drug-likeness (QED) is 0.525. The Morgan fingerprint density at radius 1 is 1.15 bits per heavy atom. The predicted octanol–water partition coefficient (Wildman–Crippen LogP) is 4.48. The van der Waals surface area contributed by atoms with Crippen molar-refractivity contribution in [3.8, 4) is 0 Å². The van der Waals surface area contributed by atoms with Crippen LogP contribution in [-0.4, -0.2) is 10.9 Å². The maximum absolute atomic E-state index is 12.4. The molecule has 134 valence electrons. The van der Waals surface area contributed by atoms with Gasteiger partial charge in [-0.1, -0.05) is 25.8 Å². The average Bonchev–Trinajstić information content (AvgIpc) is 2.62. The number of nitrogens with zero attached hydrogens (tertiary/aromatic N) is 1. The molecule has 0 atom stereocenters. The molecule has 26 heavy (non-hydrogen) atoms. The van der Waals surface area contributed by atoms with E-state index in [4.69, 9.17) is 4.42 Å². The molecule has 0 aliphatic rings. The number of fused-ring (bicyclic) bond motifs is 1. The first-order chi connectivity index (χ1) is 12.6. The van der Waals surface area contributed by atoms with Crippen molar-refractivity contribution in [2.24, 2.45) is 0 Å². The molecule has 3 aromatic rings. The predicted molar refractivity (Wildman–Crippen MR) is 103 cm³/mol. The number of amides is 1. The lowest BCUT2D eigenvalue weighted by Crippen LogP contribution is -2.13. The smallest absolute Gasteiger partial charge is 0.336 e. The molecule has 3 rings (SSSR count). The second-order valence-corrected chi connectivity index (χ2v) is 6.42. The Morgan fingerprint density at radius 2 is 2.00 bits per heavy atom. The maximum Gasteiger partial charge on any atom is 0.336 e. The molecular weight excluding hydrogens is 328 g/mol. The molecule has 0 saturated carbocycles. The number of carbonyl (C=O) groups excluding carboxylic acids is 1. The monoisotopic (exact) mass is 350 g/mol. The van der Waals surface area contributed by atoms with Crippen molar-refractivity contribution in [1.29, 1.82) is 0 Å². The molecule has 0 fully saturated rings. The zero-order valence-electron chi connectivity index (χ0n) is 15.0. The van der Waals surface area contributed by atoms with E-state index < -0.39 is 5.63 Å². The molecule has 1 amide bonds. The van der Waals surface area contributed by atoms with Gasteiger partial charge in [-0.05, 0) is 49.1 Å². The summed E-state index contributed by atoms with van der Waals surface area (Å²) in [5, 5.41) is 3.64. The van der Waals surface area contributed by atoms with Gasteiger partial charge in [0.25, 0.3) is 5.91 Å². The summed E-state index contributed by atoms with van der Waals surface area (Å²) in [4.78, 5) is 28.2. The van der Waals surface area contributed by atoms with Crippen LogP contribution in [0.2, 0.25) is 0 Å². The number of pyridine rings is 1. The summed E-state index contributed by atoms with van der Waals surface area (Å²) in [6, 6.07) is 10.4. The summed E-state index contributed by atoms with van der Waals surface area (Å²) in [5.74, 6) is -0.292. The van der Waals surface area contributed by atoms with E-state index in [0.717, 1.165) is 29.4 Å². The van der Waals surface area contributed by atoms with Crippen LogP contribution in [0.1, 0.15) is 47.8 Å². The molecule has 0 aliphatic heterocycles. The van der Waals surface area contributed by atoms with Crippen molar-refractivity contribution in [2.45, 2.75) is 39.5 Å². The van der Waals surface area contributed by atoms with Crippen molar-refractivity contribution in [3.05, 3.63) is 69.8 Å². The second kappa shape index (κ2) is 7.95. The summed E-state index contributed by atoms with van der Waals surface area (Å²) < 4.78 is 5.21. The summed E-state index contributed by atoms with van der Waals surface area (Å²) in [5.41, 5.74) is 2.94. The minimum Gasteiger partial charge on any atom is -0.423 e. The van der Waals surface area contributed by atoms with Gasteiger partial charge in [0.05, 0.1) is 0 Å². The van der Waals surface area contributed by atoms with E-state index in [0.29, 0.717) is 17.0 Å². The fourth-order valence-electron chi connectivity index (χ4n) is 2.88. The number of unbranched alkanes of at least 4 members (excludes halogenated alkanes) is 2. The van der Waals surface area contributed by atoms with Gasteiger partial charge in [0, 0.05) is 29.4 Å². The number of aryl methyl sites for hydroxylation is 2. The fraction of sp³-hybridized carbons (Fsp3) is 0.286. The third-order valence-corrected chi connectivity index (χ3v) is 4.34. The van der Waals surface area contributed by atoms with Crippen molar-refractivity contribution >= 4 is 22.6 Å². The molecule has 1 aromatic carbocycles. The number of hydrogen-bond donors (Lipinski definition) is 1. The maximum atomic E-state index is 12.4. The minimum absolute atomic E-state index is 0.292. The standard InChI is InChI=1S/C21H22N2O3/c1-3-4-5-6-15-7-10-18(22-13-15)21(25)23-16-8-9-17-14(2)11-20(24)26-19(17)12-16/h7-13H,3-6H2,1-2H3,(H,23,25). The van der Waals surface area contributed by atoms with E-state index in [9.17, 15) is 9.59 Å². The van der Waals surface area contributed by atoms with Crippen LogP contribution < -0.4 is 10.9 Å². The molecule has 0 radical (unpaired) electrons. The van der Waals surface area contributed by atoms with Gasteiger partial charge in [-0.25, -0.2) is 4.79 Å². The number of hydrogen-bond acceptors (Lipinski definition) is 4. The van der Waals surface area contributed by atoms with Crippen LogP contribution >= 0.6 is 0 Å². The molecular formula is C21H22N2O3. The summed E-state index contributed by atoms with van der Waals surface area (Å²) >= 11 is 0. The first-order valence-electron chi connectivity index (χ1n) is 8.87. The Morgan fingerprint density at radius 3 is 2.73 bits per heavy atom. The Bertz CT molecular complexity index is 975. The van der Waals surface area contributed by atoms with Crippen molar-refractivity contribution < 1.29 is 9.21 Å². The van der Waals surface area contributed by atoms with E-state index in [-0.39, 0.29) is 5.91 Å². The van der Waals surface area contributed by atoms with E-state index in [1.54, 1.807) is 24.4 Å². The van der Waals surface area contributed by atoms with E-state index >= 15 is 0 Å². The van der Waals surface area contributed by atoms with Gasteiger partial charge in [-0.3, -0.25) is 9.78 Å². The SMILES string of the molecule is CCCCCc1ccc(C(=O)Nc2ccc3c(C)cc(=O)oc3c2)nc1. The van der Waals surface area contributed by atoms with Crippen LogP contribution in [0.4, 0.5) is 5.69 Å². The van der Waals surface area contributed by atoms with Crippen LogP contribution in [-0.2, 0) is 6.42 Å². The van der Waals surface area contributed by atoms with Crippen LogP contribution in [0.5, 0.6) is 0 Å². The Labute approximate surface area is 152 Å². The highest BCUT2D eigenvalue weighted by Crippen LogP contribution is 2.21. The van der Waals surface area contributed by atoms with Crippen LogP contribution in [0.25, 0.3) is 11.0 Å². The summed E-state index contributed by atoms with van der Waals surface area (Å²) in [6.07, 6.45) is 6.24. The van der Waals surface area contributed by atoms with Crippen molar-refractivity contribution in [3.63, 3.8) is 0 Å². The molecule has 0 saturated heterocycles. The highest BCUT2D eigenvalue weighted by Gasteiger charge is 2.09. The lowest BCUT2D eigenvalue weighted by molar-refractivity contribution is 0.102. The number of benzene rings is 1. The molecule has 0 aliphatic carbocycles. The lowest BCUT2D eigenvalue weighted by Gasteiger charge is -2.07. The van der Waals surface area contributed by atoms with Gasteiger partial charge >= 0.3 is 5.63 Å². The largest absolute Gasteiger partial charge is 0.423 e. The number of nitrogens with one attached hydrogen (secondary N) is 1. The van der Waals surface area contributed by atoms with Gasteiger partial charge in [0.1, 0.15) is 11.3 Å². The second-order valence-electron chi connectivity index (χ2n) is 6.42. The molecule has 1 N–H and O–H groups in total. The van der Waals surface area contributed by atoms with Gasteiger partial charge in [0.2, 0.25) is 0 Å². The van der Waals surface area contributed by atoms with Crippen LogP contribution in [0.3, 0.4) is 0 Å². The van der Waals surface area contributed by atoms with Crippen molar-refractivity contribution in [2.75, 3.05) is 5.32 Å². The van der Waals surface area contributed by atoms with E-state index in [1.807, 2.05) is 19.1 Å². The topological polar surface area (TPSA) is 72.2 Å².